The molecule has 0 fully saturated rings. The van der Waals surface area contributed by atoms with Gasteiger partial charge in [0.15, 0.2) is 0 Å². The summed E-state index contributed by atoms with van der Waals surface area (Å²) in [6.45, 7) is 0.942. The molecule has 14 heavy (non-hydrogen) atoms. The summed E-state index contributed by atoms with van der Waals surface area (Å²) in [4.78, 5) is 0. The zero-order valence-corrected chi connectivity index (χ0v) is 9.60. The highest BCUT2D eigenvalue weighted by atomic mass is 79.9. The maximum absolute atomic E-state index is 5.68. The summed E-state index contributed by atoms with van der Waals surface area (Å²) < 4.78 is 6.77. The van der Waals surface area contributed by atoms with E-state index in [2.05, 4.69) is 27.3 Å². The Bertz CT molecular complexity index is 436. The summed E-state index contributed by atoms with van der Waals surface area (Å²) >= 11 is 3.50. The molecule has 2 rings (SSSR count). The lowest BCUT2D eigenvalue weighted by Gasteiger charge is -1.93. The quantitative estimate of drug-likeness (QED) is 0.910. The molecule has 1 heterocycles. The van der Waals surface area contributed by atoms with Gasteiger partial charge >= 0.3 is 0 Å². The third-order valence-corrected chi connectivity index (χ3v) is 2.87. The fourth-order valence-electron chi connectivity index (χ4n) is 1.45. The number of hydrogen-bond acceptors (Lipinski definition) is 2. The van der Waals surface area contributed by atoms with Crippen molar-refractivity contribution >= 4 is 26.9 Å². The summed E-state index contributed by atoms with van der Waals surface area (Å²) in [5, 5.41) is 4.25. The first-order valence-corrected chi connectivity index (χ1v) is 5.42. The molecule has 74 valence electrons. The molecule has 0 atom stereocenters. The maximum atomic E-state index is 5.68. The molecule has 0 saturated carbocycles. The number of furan rings is 1. The van der Waals surface area contributed by atoms with Crippen LogP contribution in [0.5, 0.6) is 0 Å². The van der Waals surface area contributed by atoms with Gasteiger partial charge < -0.3 is 9.73 Å². The zero-order chi connectivity index (χ0) is 9.97. The van der Waals surface area contributed by atoms with Gasteiger partial charge in [-0.3, -0.25) is 0 Å². The van der Waals surface area contributed by atoms with Gasteiger partial charge in [0, 0.05) is 22.8 Å². The normalized spacial score (nSPS) is 11.0. The van der Waals surface area contributed by atoms with Gasteiger partial charge in [-0.1, -0.05) is 22.0 Å². The highest BCUT2D eigenvalue weighted by molar-refractivity contribution is 9.10. The highest BCUT2D eigenvalue weighted by Gasteiger charge is 2.05. The lowest BCUT2D eigenvalue weighted by Crippen LogP contribution is -2.09. The van der Waals surface area contributed by atoms with Crippen molar-refractivity contribution in [3.8, 4) is 0 Å². The highest BCUT2D eigenvalue weighted by Crippen LogP contribution is 2.26. The average Bonchev–Trinajstić information content (AvgIpc) is 2.59. The van der Waals surface area contributed by atoms with Crippen LogP contribution in [0.15, 0.2) is 33.2 Å². The molecule has 1 aromatic heterocycles. The summed E-state index contributed by atoms with van der Waals surface area (Å²) in [6.07, 6.45) is 0.928. The Morgan fingerprint density at radius 1 is 1.43 bits per heavy atom. The molecule has 0 unspecified atom stereocenters. The molecule has 2 nitrogen and oxygen atoms in total. The molecule has 0 radical (unpaired) electrons. The Hall–Kier alpha value is -0.800. The van der Waals surface area contributed by atoms with Crippen molar-refractivity contribution in [2.24, 2.45) is 0 Å². The molecule has 0 amide bonds. The van der Waals surface area contributed by atoms with E-state index in [4.69, 9.17) is 4.42 Å². The number of benzene rings is 1. The lowest BCUT2D eigenvalue weighted by atomic mass is 10.2. The Balaban J connectivity index is 2.36. The fraction of sp³-hybridized carbons (Fsp3) is 0.273. The van der Waals surface area contributed by atoms with Crippen molar-refractivity contribution in [3.05, 3.63) is 34.5 Å². The number of rotatable bonds is 3. The molecule has 0 spiro atoms. The van der Waals surface area contributed by atoms with Gasteiger partial charge in [-0.2, -0.15) is 0 Å². The minimum Gasteiger partial charge on any atom is -0.461 e. The van der Waals surface area contributed by atoms with Crippen molar-refractivity contribution in [2.75, 3.05) is 13.6 Å². The van der Waals surface area contributed by atoms with Crippen molar-refractivity contribution in [1.29, 1.82) is 0 Å². The average molecular weight is 254 g/mol. The van der Waals surface area contributed by atoms with Gasteiger partial charge in [0.2, 0.25) is 0 Å². The van der Waals surface area contributed by atoms with Crippen LogP contribution in [-0.4, -0.2) is 13.6 Å². The monoisotopic (exact) mass is 253 g/mol. The summed E-state index contributed by atoms with van der Waals surface area (Å²) in [5.74, 6) is 1.03. The van der Waals surface area contributed by atoms with Crippen LogP contribution in [0.4, 0.5) is 0 Å². The number of likely N-dealkylation sites (N-methyl/N-ethyl adjacent to an activating group) is 1. The van der Waals surface area contributed by atoms with Crippen molar-refractivity contribution in [2.45, 2.75) is 6.42 Å². The smallest absolute Gasteiger partial charge is 0.135 e. The van der Waals surface area contributed by atoms with Gasteiger partial charge in [-0.25, -0.2) is 0 Å². The number of fused-ring (bicyclic) bond motifs is 1. The van der Waals surface area contributed by atoms with Crippen LogP contribution in [0.25, 0.3) is 11.0 Å². The molecular formula is C11H12BrNO. The van der Waals surface area contributed by atoms with Crippen molar-refractivity contribution < 1.29 is 4.42 Å². The van der Waals surface area contributed by atoms with Crippen LogP contribution in [0, 0.1) is 0 Å². The fourth-order valence-corrected chi connectivity index (χ4v) is 1.91. The molecule has 2 aromatic rings. The van der Waals surface area contributed by atoms with Crippen LogP contribution in [0.3, 0.4) is 0 Å². The molecular weight excluding hydrogens is 242 g/mol. The second-order valence-corrected chi connectivity index (χ2v) is 4.07. The van der Waals surface area contributed by atoms with Crippen LogP contribution >= 0.6 is 15.9 Å². The molecule has 0 aliphatic carbocycles. The molecule has 0 aliphatic heterocycles. The second-order valence-electron chi connectivity index (χ2n) is 3.22. The Labute approximate surface area is 91.4 Å². The first-order valence-electron chi connectivity index (χ1n) is 4.63. The predicted octanol–water partition coefficient (Wildman–Crippen LogP) is 2.96. The second kappa shape index (κ2) is 4.15. The minimum absolute atomic E-state index is 0.928. The Morgan fingerprint density at radius 3 is 3.00 bits per heavy atom. The zero-order valence-electron chi connectivity index (χ0n) is 8.01. The van der Waals surface area contributed by atoms with Gasteiger partial charge in [-0.15, -0.1) is 0 Å². The Morgan fingerprint density at radius 2 is 2.29 bits per heavy atom. The lowest BCUT2D eigenvalue weighted by molar-refractivity contribution is 0.541. The summed E-state index contributed by atoms with van der Waals surface area (Å²) in [6, 6.07) is 8.09. The topological polar surface area (TPSA) is 25.2 Å². The van der Waals surface area contributed by atoms with E-state index in [1.54, 1.807) is 0 Å². The van der Waals surface area contributed by atoms with Gasteiger partial charge in [0.05, 0.1) is 0 Å². The molecule has 1 N–H and O–H groups in total. The maximum Gasteiger partial charge on any atom is 0.135 e. The predicted molar refractivity (Wildman–Crippen MR) is 61.5 cm³/mol. The van der Waals surface area contributed by atoms with Crippen molar-refractivity contribution in [3.63, 3.8) is 0 Å². The van der Waals surface area contributed by atoms with E-state index in [1.807, 2.05) is 25.2 Å². The first kappa shape index (κ1) is 9.74. The molecule has 1 aromatic carbocycles. The third-order valence-electron chi connectivity index (χ3n) is 2.18. The number of nitrogens with one attached hydrogen (secondary N) is 1. The molecule has 0 aliphatic rings. The van der Waals surface area contributed by atoms with Crippen LogP contribution in [0.1, 0.15) is 5.76 Å². The van der Waals surface area contributed by atoms with E-state index in [0.717, 1.165) is 34.2 Å². The van der Waals surface area contributed by atoms with Gasteiger partial charge in [0.1, 0.15) is 11.3 Å². The summed E-state index contributed by atoms with van der Waals surface area (Å²) in [7, 11) is 1.94. The van der Waals surface area contributed by atoms with E-state index in [1.165, 1.54) is 0 Å². The molecule has 0 bridgehead atoms. The molecule has 3 heteroatoms. The van der Waals surface area contributed by atoms with E-state index in [-0.39, 0.29) is 0 Å². The first-order chi connectivity index (χ1) is 6.81. The standard InChI is InChI=1S/C11H12BrNO/c1-13-6-5-8-7-9-10(12)3-2-4-11(9)14-8/h2-4,7,13H,5-6H2,1H3. The van der Waals surface area contributed by atoms with E-state index >= 15 is 0 Å². The van der Waals surface area contributed by atoms with Gasteiger partial charge in [-0.05, 0) is 25.2 Å². The number of halogens is 1. The van der Waals surface area contributed by atoms with E-state index in [9.17, 15) is 0 Å². The third kappa shape index (κ3) is 1.83. The molecule has 0 saturated heterocycles. The van der Waals surface area contributed by atoms with Crippen LogP contribution < -0.4 is 5.32 Å². The van der Waals surface area contributed by atoms with E-state index < -0.39 is 0 Å². The Kier molecular flexibility index (Phi) is 2.89. The minimum atomic E-state index is 0.928. The van der Waals surface area contributed by atoms with Crippen LogP contribution in [0.2, 0.25) is 0 Å². The van der Waals surface area contributed by atoms with E-state index in [0.29, 0.717) is 0 Å². The number of hydrogen-bond donors (Lipinski definition) is 1. The largest absolute Gasteiger partial charge is 0.461 e. The van der Waals surface area contributed by atoms with Gasteiger partial charge in [0.25, 0.3) is 0 Å². The SMILES string of the molecule is CNCCc1cc2c(Br)cccc2o1. The van der Waals surface area contributed by atoms with Crippen LogP contribution in [-0.2, 0) is 6.42 Å². The van der Waals surface area contributed by atoms with Crippen molar-refractivity contribution in [1.82, 2.24) is 5.32 Å². The summed E-state index contributed by atoms with van der Waals surface area (Å²) in [5.41, 5.74) is 0.950.